The average molecular weight is 506 g/mol. The zero-order chi connectivity index (χ0) is 25.2. The zero-order valence-corrected chi connectivity index (χ0v) is 21.3. The van der Waals surface area contributed by atoms with E-state index >= 15 is 0 Å². The Kier molecular flexibility index (Phi) is 6.14. The van der Waals surface area contributed by atoms with Gasteiger partial charge in [0.2, 0.25) is 0 Å². The van der Waals surface area contributed by atoms with Crippen LogP contribution in [-0.2, 0) is 14.4 Å². The fourth-order valence-electron chi connectivity index (χ4n) is 5.61. The van der Waals surface area contributed by atoms with Gasteiger partial charge < -0.3 is 15.1 Å². The maximum atomic E-state index is 13.6. The Balaban J connectivity index is 2.01. The van der Waals surface area contributed by atoms with Crippen molar-refractivity contribution in [1.29, 1.82) is 0 Å². The lowest BCUT2D eigenvalue weighted by molar-refractivity contribution is -0.137. The smallest absolute Gasteiger partial charge is 0.305 e. The SMILES string of the molecule is CC1(C)CC(=O)C2=C(C1)N(CCC(=O)O)C1=C(C(=O)CC(C)(C)C1)C2c1cc(Cl)c(O)c(Cl)c1. The lowest BCUT2D eigenvalue weighted by atomic mass is 9.63. The van der Waals surface area contributed by atoms with Crippen LogP contribution in [0.5, 0.6) is 5.75 Å². The van der Waals surface area contributed by atoms with E-state index in [1.54, 1.807) is 12.1 Å². The molecule has 6 nitrogen and oxygen atoms in total. The number of allylic oxidation sites excluding steroid dienone is 4. The molecule has 1 heterocycles. The van der Waals surface area contributed by atoms with Gasteiger partial charge in [-0.05, 0) is 41.4 Å². The van der Waals surface area contributed by atoms with E-state index in [2.05, 4.69) is 0 Å². The Morgan fingerprint density at radius 1 is 0.941 bits per heavy atom. The van der Waals surface area contributed by atoms with Crippen LogP contribution in [0.1, 0.15) is 71.3 Å². The molecule has 182 valence electrons. The molecule has 8 heteroatoms. The van der Waals surface area contributed by atoms with Gasteiger partial charge in [-0.2, -0.15) is 0 Å². The van der Waals surface area contributed by atoms with Crippen molar-refractivity contribution in [2.24, 2.45) is 10.8 Å². The Labute approximate surface area is 209 Å². The standard InChI is InChI=1S/C26H29Cl2NO5/c1-25(2)9-16-22(18(30)11-25)21(13-7-14(27)24(34)15(28)8-13)23-17(29(16)6-5-20(32)33)10-26(3,4)12-19(23)31/h7-8,21,34H,5-6,9-12H2,1-4H3,(H,32,33). The first-order valence-corrected chi connectivity index (χ1v) is 12.2. The van der Waals surface area contributed by atoms with E-state index in [1.807, 2.05) is 32.6 Å². The van der Waals surface area contributed by atoms with Crippen LogP contribution >= 0.6 is 23.2 Å². The summed E-state index contributed by atoms with van der Waals surface area (Å²) in [6.07, 6.45) is 1.68. The van der Waals surface area contributed by atoms with Crippen molar-refractivity contribution >= 4 is 40.7 Å². The first-order valence-electron chi connectivity index (χ1n) is 11.4. The monoisotopic (exact) mass is 505 g/mol. The van der Waals surface area contributed by atoms with Gasteiger partial charge in [0, 0.05) is 47.8 Å². The molecule has 1 aliphatic heterocycles. The molecule has 0 atom stereocenters. The van der Waals surface area contributed by atoms with Crippen LogP contribution in [0.15, 0.2) is 34.7 Å². The normalized spacial score (nSPS) is 22.1. The van der Waals surface area contributed by atoms with Gasteiger partial charge in [-0.3, -0.25) is 14.4 Å². The number of hydrogen-bond acceptors (Lipinski definition) is 5. The van der Waals surface area contributed by atoms with Crippen molar-refractivity contribution < 1.29 is 24.6 Å². The van der Waals surface area contributed by atoms with Crippen LogP contribution in [0.25, 0.3) is 0 Å². The summed E-state index contributed by atoms with van der Waals surface area (Å²) in [4.78, 5) is 40.6. The molecule has 3 aliphatic rings. The van der Waals surface area contributed by atoms with Crippen molar-refractivity contribution in [3.8, 4) is 5.75 Å². The van der Waals surface area contributed by atoms with Gasteiger partial charge in [-0.25, -0.2) is 0 Å². The molecule has 1 aromatic rings. The molecule has 1 aromatic carbocycles. The number of hydrogen-bond donors (Lipinski definition) is 2. The summed E-state index contributed by atoms with van der Waals surface area (Å²) in [6, 6.07) is 3.13. The number of phenols is 1. The number of benzene rings is 1. The van der Waals surface area contributed by atoms with Crippen LogP contribution < -0.4 is 0 Å². The van der Waals surface area contributed by atoms with Gasteiger partial charge in [0.15, 0.2) is 17.3 Å². The zero-order valence-electron chi connectivity index (χ0n) is 19.8. The average Bonchev–Trinajstić information content (AvgIpc) is 2.67. The Hall–Kier alpha value is -2.31. The lowest BCUT2D eigenvalue weighted by Crippen LogP contribution is -2.45. The van der Waals surface area contributed by atoms with Crippen molar-refractivity contribution in [2.45, 2.75) is 65.7 Å². The predicted octanol–water partition coefficient (Wildman–Crippen LogP) is 5.86. The van der Waals surface area contributed by atoms with Gasteiger partial charge in [0.25, 0.3) is 0 Å². The van der Waals surface area contributed by atoms with Crippen molar-refractivity contribution in [3.05, 3.63) is 50.3 Å². The molecule has 0 unspecified atom stereocenters. The second-order valence-electron chi connectivity index (χ2n) is 11.2. The summed E-state index contributed by atoms with van der Waals surface area (Å²) < 4.78 is 0. The third-order valence-corrected chi connectivity index (χ3v) is 7.52. The highest BCUT2D eigenvalue weighted by atomic mass is 35.5. The number of halogens is 2. The van der Waals surface area contributed by atoms with Crippen LogP contribution in [0.2, 0.25) is 10.0 Å². The van der Waals surface area contributed by atoms with Crippen molar-refractivity contribution in [2.75, 3.05) is 6.54 Å². The number of Topliss-reactive ketones (excluding diaryl/α,β-unsaturated/α-hetero) is 2. The highest BCUT2D eigenvalue weighted by Crippen LogP contribution is 2.55. The molecule has 0 spiro atoms. The number of carbonyl (C=O) groups excluding carboxylic acids is 2. The van der Waals surface area contributed by atoms with E-state index in [0.29, 0.717) is 42.4 Å². The molecule has 0 saturated carbocycles. The van der Waals surface area contributed by atoms with Gasteiger partial charge in [0.05, 0.1) is 16.5 Å². The number of carbonyl (C=O) groups is 3. The van der Waals surface area contributed by atoms with E-state index in [1.165, 1.54) is 0 Å². The quantitative estimate of drug-likeness (QED) is 0.531. The maximum absolute atomic E-state index is 13.6. The molecule has 34 heavy (non-hydrogen) atoms. The second kappa shape index (κ2) is 8.42. The summed E-state index contributed by atoms with van der Waals surface area (Å²) in [5.41, 5.74) is 2.53. The maximum Gasteiger partial charge on any atom is 0.305 e. The minimum absolute atomic E-state index is 0.0484. The molecule has 2 aliphatic carbocycles. The minimum Gasteiger partial charge on any atom is -0.505 e. The van der Waals surface area contributed by atoms with Crippen LogP contribution in [0, 0.1) is 10.8 Å². The third kappa shape index (κ3) is 4.38. The fraction of sp³-hybridized carbons (Fsp3) is 0.500. The summed E-state index contributed by atoms with van der Waals surface area (Å²) in [5, 5.41) is 19.6. The van der Waals surface area contributed by atoms with Crippen molar-refractivity contribution in [1.82, 2.24) is 4.90 Å². The highest BCUT2D eigenvalue weighted by molar-refractivity contribution is 6.37. The minimum atomic E-state index is -0.939. The van der Waals surface area contributed by atoms with Gasteiger partial charge in [-0.1, -0.05) is 50.9 Å². The second-order valence-corrected chi connectivity index (χ2v) is 12.0. The molecule has 2 N–H and O–H groups in total. The highest BCUT2D eigenvalue weighted by Gasteiger charge is 2.49. The molecule has 0 fully saturated rings. The van der Waals surface area contributed by atoms with Crippen LogP contribution in [0.4, 0.5) is 0 Å². The number of aliphatic carboxylic acids is 1. The van der Waals surface area contributed by atoms with Crippen LogP contribution in [-0.4, -0.2) is 39.2 Å². The summed E-state index contributed by atoms with van der Waals surface area (Å²) >= 11 is 12.5. The molecular formula is C26H29Cl2NO5. The topological polar surface area (TPSA) is 94.9 Å². The molecule has 0 aromatic heterocycles. The molecular weight excluding hydrogens is 477 g/mol. The number of rotatable bonds is 4. The van der Waals surface area contributed by atoms with Gasteiger partial charge in [-0.15, -0.1) is 0 Å². The van der Waals surface area contributed by atoms with E-state index in [4.69, 9.17) is 23.2 Å². The summed E-state index contributed by atoms with van der Waals surface area (Å²) in [6.45, 7) is 8.27. The number of ketones is 2. The molecule has 0 amide bonds. The Morgan fingerprint density at radius 2 is 1.38 bits per heavy atom. The van der Waals surface area contributed by atoms with Gasteiger partial charge >= 0.3 is 5.97 Å². The lowest BCUT2D eigenvalue weighted by Gasteiger charge is -2.49. The largest absolute Gasteiger partial charge is 0.505 e. The summed E-state index contributed by atoms with van der Waals surface area (Å²) in [5.74, 6) is -1.98. The number of nitrogens with zero attached hydrogens (tertiary/aromatic N) is 1. The number of phenolic OH excluding ortho intramolecular Hbond substituents is 1. The third-order valence-electron chi connectivity index (χ3n) is 6.94. The molecule has 0 bridgehead atoms. The first-order chi connectivity index (χ1) is 15.7. The number of carboxylic acid groups (broad SMARTS) is 1. The predicted molar refractivity (Wildman–Crippen MR) is 130 cm³/mol. The Bertz CT molecular complexity index is 1100. The van der Waals surface area contributed by atoms with Gasteiger partial charge in [0.1, 0.15) is 0 Å². The first kappa shape index (κ1) is 24.8. The van der Waals surface area contributed by atoms with E-state index in [0.717, 1.165) is 11.4 Å². The van der Waals surface area contributed by atoms with Crippen LogP contribution in [0.3, 0.4) is 0 Å². The molecule has 4 rings (SSSR count). The van der Waals surface area contributed by atoms with E-state index in [9.17, 15) is 24.6 Å². The van der Waals surface area contributed by atoms with Crippen molar-refractivity contribution in [3.63, 3.8) is 0 Å². The molecule has 0 saturated heterocycles. The van der Waals surface area contributed by atoms with E-state index < -0.39 is 11.9 Å². The number of carboxylic acids is 1. The Morgan fingerprint density at radius 3 is 1.79 bits per heavy atom. The summed E-state index contributed by atoms with van der Waals surface area (Å²) in [7, 11) is 0. The molecule has 0 radical (unpaired) electrons. The van der Waals surface area contributed by atoms with E-state index in [-0.39, 0.29) is 51.2 Å². The fourth-order valence-corrected chi connectivity index (χ4v) is 6.11. The number of aromatic hydroxyl groups is 1.